The van der Waals surface area contributed by atoms with Gasteiger partial charge < -0.3 is 47.4 Å². The number of carbonyl (C=O) groups excluding carboxylic acids is 10. The van der Waals surface area contributed by atoms with Crippen molar-refractivity contribution in [2.24, 2.45) is 54.1 Å². The van der Waals surface area contributed by atoms with Gasteiger partial charge in [-0.1, -0.05) is 6.92 Å². The normalized spacial score (nSPS) is 19.1. The number of ether oxygens (including phenoxy) is 10. The molecule has 72 heavy (non-hydrogen) atoms. The second-order valence-electron chi connectivity index (χ2n) is 22.8. The molecule has 0 fully saturated rings. The summed E-state index contributed by atoms with van der Waals surface area (Å²) in [5, 5.41) is 0. The van der Waals surface area contributed by atoms with Crippen LogP contribution in [0.25, 0.3) is 0 Å². The van der Waals surface area contributed by atoms with Crippen molar-refractivity contribution in [1.82, 2.24) is 0 Å². The molecule has 0 radical (unpaired) electrons. The Morgan fingerprint density at radius 2 is 0.347 bits per heavy atom. The van der Waals surface area contributed by atoms with Gasteiger partial charge in [0.25, 0.3) is 0 Å². The lowest BCUT2D eigenvalue weighted by atomic mass is 9.56. The van der Waals surface area contributed by atoms with Gasteiger partial charge in [0.2, 0.25) is 0 Å². The monoisotopic (exact) mass is 1030 g/mol. The highest BCUT2D eigenvalue weighted by Crippen LogP contribution is 2.57. The van der Waals surface area contributed by atoms with Crippen molar-refractivity contribution in [2.75, 3.05) is 71.1 Å². The fourth-order valence-corrected chi connectivity index (χ4v) is 12.4. The van der Waals surface area contributed by atoms with E-state index in [2.05, 4.69) is 0 Å². The minimum absolute atomic E-state index is 0.157. The maximum Gasteiger partial charge on any atom is 0.311 e. The maximum atomic E-state index is 14.4. The Labute approximate surface area is 426 Å². The van der Waals surface area contributed by atoms with Gasteiger partial charge in [-0.3, -0.25) is 47.9 Å². The smallest absolute Gasteiger partial charge is 0.311 e. The van der Waals surface area contributed by atoms with Gasteiger partial charge >= 0.3 is 59.7 Å². The average molecular weight is 1030 g/mol. The van der Waals surface area contributed by atoms with E-state index < -0.39 is 146 Å². The Morgan fingerprint density at radius 1 is 0.222 bits per heavy atom. The molecule has 0 heterocycles. The Bertz CT molecular complexity index is 2010. The third-order valence-corrected chi connectivity index (χ3v) is 14.7. The Morgan fingerprint density at radius 3 is 0.486 bits per heavy atom. The zero-order valence-electron chi connectivity index (χ0n) is 47.2. The molecular weight excluding hydrogens is 945 g/mol. The van der Waals surface area contributed by atoms with E-state index >= 15 is 0 Å². The summed E-state index contributed by atoms with van der Waals surface area (Å²) in [6.07, 6.45) is -3.20. The first kappa shape index (κ1) is 66.7. The molecule has 0 aliphatic carbocycles. The molecule has 414 valence electrons. The SMILES string of the molecule is CCC(C)(CC(C)(CC(C)(CC(C)(CC(C)(CC(C)(CC(C)(CC(C)(CC(C)(CC(C)(C)C(=O)OC)C(=O)OC)C(=O)OC)C(=O)OC)C(=O)OC)C(=O)OC)C(=O)OC)C(=O)OC)C(=O)OC)C(=O)OC. The molecule has 0 aromatic heterocycles. The molecule has 9 unspecified atom stereocenters. The summed E-state index contributed by atoms with van der Waals surface area (Å²) >= 11 is 0. The van der Waals surface area contributed by atoms with Crippen LogP contribution in [0, 0.1) is 54.1 Å². The molecule has 0 aromatic rings. The molecule has 0 spiro atoms. The van der Waals surface area contributed by atoms with Crippen LogP contribution in [-0.2, 0) is 95.3 Å². The number of methoxy groups -OCH3 is 10. The predicted molar refractivity (Wildman–Crippen MR) is 259 cm³/mol. The third-order valence-electron chi connectivity index (χ3n) is 14.7. The van der Waals surface area contributed by atoms with E-state index in [9.17, 15) is 47.9 Å². The number of carbonyl (C=O) groups is 10. The van der Waals surface area contributed by atoms with E-state index in [1.807, 2.05) is 0 Å². The number of esters is 10. The van der Waals surface area contributed by atoms with Gasteiger partial charge in [0.05, 0.1) is 125 Å². The quantitative estimate of drug-likeness (QED) is 0.0556. The van der Waals surface area contributed by atoms with E-state index in [4.69, 9.17) is 47.4 Å². The minimum Gasteiger partial charge on any atom is -0.469 e. The topological polar surface area (TPSA) is 263 Å². The zero-order chi connectivity index (χ0) is 56.9. The van der Waals surface area contributed by atoms with Gasteiger partial charge in [-0.05, 0) is 140 Å². The third kappa shape index (κ3) is 15.1. The summed E-state index contributed by atoms with van der Waals surface area (Å²) in [7, 11) is 11.4. The summed E-state index contributed by atoms with van der Waals surface area (Å²) in [5.74, 6) is -8.20. The van der Waals surface area contributed by atoms with Gasteiger partial charge in [0.15, 0.2) is 0 Å². The Hall–Kier alpha value is -5.30. The van der Waals surface area contributed by atoms with Crippen LogP contribution in [0.15, 0.2) is 0 Å². The summed E-state index contributed by atoms with van der Waals surface area (Å²) in [6.45, 7) is 18.2. The molecular formula is C52H86O20. The van der Waals surface area contributed by atoms with Gasteiger partial charge in [-0.15, -0.1) is 0 Å². The predicted octanol–water partition coefficient (Wildman–Crippen LogP) is 6.72. The van der Waals surface area contributed by atoms with Crippen molar-refractivity contribution in [3.05, 3.63) is 0 Å². The molecule has 0 amide bonds. The van der Waals surface area contributed by atoms with Crippen molar-refractivity contribution >= 4 is 59.7 Å². The molecule has 0 rings (SSSR count). The van der Waals surface area contributed by atoms with Gasteiger partial charge in [-0.2, -0.15) is 0 Å². The van der Waals surface area contributed by atoms with E-state index in [1.54, 1.807) is 27.7 Å². The lowest BCUT2D eigenvalue weighted by molar-refractivity contribution is -0.173. The Kier molecular flexibility index (Phi) is 23.2. The van der Waals surface area contributed by atoms with Gasteiger partial charge in [0, 0.05) is 0 Å². The van der Waals surface area contributed by atoms with Crippen molar-refractivity contribution in [1.29, 1.82) is 0 Å². The van der Waals surface area contributed by atoms with Crippen LogP contribution in [0.4, 0.5) is 0 Å². The standard InChI is InChI=1S/C52H86O20/c1-23-44(4,34(54)64-14)25-46(6,36(56)66-16)27-48(8,38(58)68-18)29-50(10,40(60)70-20)31-52(12,42(62)72-22)32-51(11,41(61)71-21)30-49(9,39(59)69-19)28-47(7,37(57)67-17)26-45(5,35(55)65-15)24-43(2,3)33(53)63-13/h23-32H2,1-22H3. The summed E-state index contributed by atoms with van der Waals surface area (Å²) < 4.78 is 52.6. The van der Waals surface area contributed by atoms with Crippen LogP contribution in [0.2, 0.25) is 0 Å². The van der Waals surface area contributed by atoms with Crippen LogP contribution < -0.4 is 0 Å². The van der Waals surface area contributed by atoms with E-state index in [0.29, 0.717) is 0 Å². The summed E-state index contributed by atoms with van der Waals surface area (Å²) in [5.41, 5.74) is -16.7. The second-order valence-corrected chi connectivity index (χ2v) is 22.8. The van der Waals surface area contributed by atoms with E-state index in [1.165, 1.54) is 69.6 Å². The minimum atomic E-state index is -1.89. The Balaban J connectivity index is 8.26. The highest BCUT2D eigenvalue weighted by molar-refractivity contribution is 5.87. The number of hydrogen-bond donors (Lipinski definition) is 0. The van der Waals surface area contributed by atoms with Crippen LogP contribution >= 0.6 is 0 Å². The maximum absolute atomic E-state index is 14.4. The van der Waals surface area contributed by atoms with Crippen LogP contribution in [0.3, 0.4) is 0 Å². The zero-order valence-corrected chi connectivity index (χ0v) is 47.2. The van der Waals surface area contributed by atoms with Crippen LogP contribution in [0.1, 0.15) is 147 Å². The molecule has 20 nitrogen and oxygen atoms in total. The first-order chi connectivity index (χ1) is 32.7. The van der Waals surface area contributed by atoms with Crippen molar-refractivity contribution in [3.63, 3.8) is 0 Å². The molecule has 20 heteroatoms. The average Bonchev–Trinajstić information content (AvgIpc) is 3.32. The molecule has 0 bridgehead atoms. The first-order valence-corrected chi connectivity index (χ1v) is 23.6. The molecule has 9 atom stereocenters. The van der Waals surface area contributed by atoms with Crippen molar-refractivity contribution in [3.8, 4) is 0 Å². The molecule has 0 aromatic carbocycles. The van der Waals surface area contributed by atoms with Crippen LogP contribution in [0.5, 0.6) is 0 Å². The summed E-state index contributed by atoms with van der Waals surface area (Å²) in [4.78, 5) is 139. The van der Waals surface area contributed by atoms with Gasteiger partial charge in [-0.25, -0.2) is 0 Å². The van der Waals surface area contributed by atoms with Crippen molar-refractivity contribution in [2.45, 2.75) is 147 Å². The molecule has 0 aliphatic rings. The molecule has 0 saturated carbocycles. The number of hydrogen-bond acceptors (Lipinski definition) is 20. The lowest BCUT2D eigenvalue weighted by Crippen LogP contribution is -2.51. The van der Waals surface area contributed by atoms with E-state index in [0.717, 1.165) is 56.9 Å². The molecule has 0 N–H and O–H groups in total. The molecule has 0 saturated heterocycles. The largest absolute Gasteiger partial charge is 0.469 e. The highest BCUT2D eigenvalue weighted by atomic mass is 16.6. The van der Waals surface area contributed by atoms with Gasteiger partial charge in [0.1, 0.15) is 0 Å². The second kappa shape index (κ2) is 25.1. The number of rotatable bonds is 29. The van der Waals surface area contributed by atoms with Crippen molar-refractivity contribution < 1.29 is 95.3 Å². The fraction of sp³-hybridized carbons (Fsp3) is 0.808. The fourth-order valence-electron chi connectivity index (χ4n) is 12.4. The first-order valence-electron chi connectivity index (χ1n) is 23.6. The lowest BCUT2D eigenvalue weighted by Gasteiger charge is -2.47. The molecule has 0 aliphatic heterocycles. The highest BCUT2D eigenvalue weighted by Gasteiger charge is 2.60. The van der Waals surface area contributed by atoms with Crippen LogP contribution in [-0.4, -0.2) is 131 Å². The summed E-state index contributed by atoms with van der Waals surface area (Å²) in [6, 6.07) is 0. The van der Waals surface area contributed by atoms with E-state index in [-0.39, 0.29) is 32.1 Å².